The van der Waals surface area contributed by atoms with E-state index in [1.807, 2.05) is 32.0 Å². The molecule has 0 saturated heterocycles. The van der Waals surface area contributed by atoms with E-state index in [4.69, 9.17) is 27.6 Å². The van der Waals surface area contributed by atoms with E-state index < -0.39 is 0 Å². The van der Waals surface area contributed by atoms with E-state index in [0.717, 1.165) is 27.6 Å². The lowest BCUT2D eigenvalue weighted by molar-refractivity contribution is 0.102. The van der Waals surface area contributed by atoms with Gasteiger partial charge in [-0.1, -0.05) is 29.3 Å². The van der Waals surface area contributed by atoms with Crippen LogP contribution < -0.4 is 0 Å². The van der Waals surface area contributed by atoms with Crippen LogP contribution in [0.3, 0.4) is 0 Å². The number of hydrogen-bond acceptors (Lipinski definition) is 3. The van der Waals surface area contributed by atoms with Crippen molar-refractivity contribution in [1.82, 2.24) is 4.57 Å². The maximum Gasteiger partial charge on any atom is 0.174 e. The van der Waals surface area contributed by atoms with Crippen LogP contribution in [0.2, 0.25) is 10.0 Å². The maximum absolute atomic E-state index is 12.7. The normalized spacial score (nSPS) is 11.0. The monoisotopic (exact) mass is 393 g/mol. The third kappa shape index (κ3) is 3.97. The lowest BCUT2D eigenvalue weighted by Crippen LogP contribution is -2.07. The van der Waals surface area contributed by atoms with Gasteiger partial charge in [-0.2, -0.15) is 0 Å². The Balaban J connectivity index is 1.76. The lowest BCUT2D eigenvalue weighted by atomic mass is 10.2. The molecule has 0 radical (unpaired) electrons. The number of benzene rings is 1. The number of furan rings is 1. The van der Waals surface area contributed by atoms with E-state index in [1.165, 1.54) is 11.8 Å². The Morgan fingerprint density at radius 2 is 1.88 bits per heavy atom. The van der Waals surface area contributed by atoms with Gasteiger partial charge >= 0.3 is 0 Å². The first-order valence-electron chi connectivity index (χ1n) is 7.76. The van der Waals surface area contributed by atoms with Gasteiger partial charge in [0.25, 0.3) is 0 Å². The molecule has 0 amide bonds. The average Bonchev–Trinajstić information content (AvgIpc) is 3.18. The highest BCUT2D eigenvalue weighted by molar-refractivity contribution is 8.00. The molecular weight excluding hydrogens is 377 g/mol. The molecule has 25 heavy (non-hydrogen) atoms. The molecule has 0 aliphatic rings. The molecule has 130 valence electrons. The summed E-state index contributed by atoms with van der Waals surface area (Å²) in [6.45, 7) is 4.56. The predicted molar refractivity (Wildman–Crippen MR) is 103 cm³/mol. The first-order valence-corrected chi connectivity index (χ1v) is 9.50. The molecule has 0 N–H and O–H groups in total. The largest absolute Gasteiger partial charge is 0.467 e. The minimum Gasteiger partial charge on any atom is -0.467 e. The zero-order valence-electron chi connectivity index (χ0n) is 13.9. The number of nitrogens with zero attached hydrogens (tertiary/aromatic N) is 1. The van der Waals surface area contributed by atoms with Crippen LogP contribution >= 0.6 is 35.0 Å². The van der Waals surface area contributed by atoms with Crippen molar-refractivity contribution in [2.24, 2.45) is 0 Å². The molecule has 2 aromatic heterocycles. The lowest BCUT2D eigenvalue weighted by Gasteiger charge is -2.08. The number of hydrogen-bond donors (Lipinski definition) is 0. The summed E-state index contributed by atoms with van der Waals surface area (Å²) in [6, 6.07) is 11.0. The molecule has 3 aromatic rings. The molecule has 6 heteroatoms. The summed E-state index contributed by atoms with van der Waals surface area (Å²) in [5.74, 6) is 1.20. The number of carbonyl (C=O) groups is 1. The van der Waals surface area contributed by atoms with E-state index in [-0.39, 0.29) is 11.5 Å². The number of rotatable bonds is 6. The average molecular weight is 394 g/mol. The van der Waals surface area contributed by atoms with Gasteiger partial charge < -0.3 is 8.98 Å². The first kappa shape index (κ1) is 18.2. The summed E-state index contributed by atoms with van der Waals surface area (Å²) >= 11 is 13.7. The summed E-state index contributed by atoms with van der Waals surface area (Å²) in [5, 5.41) is 1.13. The highest BCUT2D eigenvalue weighted by Crippen LogP contribution is 2.34. The van der Waals surface area contributed by atoms with Gasteiger partial charge in [0.05, 0.1) is 28.6 Å². The summed E-state index contributed by atoms with van der Waals surface area (Å²) in [6.07, 6.45) is 1.65. The number of ketones is 1. The molecule has 0 spiro atoms. The fraction of sp³-hybridized carbons (Fsp3) is 0.211. The maximum atomic E-state index is 12.7. The molecule has 1 aromatic carbocycles. The van der Waals surface area contributed by atoms with Crippen LogP contribution in [-0.2, 0) is 6.54 Å². The van der Waals surface area contributed by atoms with Gasteiger partial charge in [0, 0.05) is 21.8 Å². The Bertz CT molecular complexity index is 880. The first-order chi connectivity index (χ1) is 12.0. The molecule has 0 aliphatic carbocycles. The fourth-order valence-electron chi connectivity index (χ4n) is 2.72. The summed E-state index contributed by atoms with van der Waals surface area (Å²) < 4.78 is 7.49. The van der Waals surface area contributed by atoms with Crippen molar-refractivity contribution in [2.45, 2.75) is 25.3 Å². The summed E-state index contributed by atoms with van der Waals surface area (Å²) in [5.41, 5.74) is 2.68. The van der Waals surface area contributed by atoms with Crippen molar-refractivity contribution in [3.8, 4) is 0 Å². The van der Waals surface area contributed by atoms with Gasteiger partial charge in [-0.15, -0.1) is 11.8 Å². The molecule has 2 heterocycles. The number of carbonyl (C=O) groups excluding carboxylic acids is 1. The zero-order chi connectivity index (χ0) is 18.0. The fourth-order valence-corrected chi connectivity index (χ4v) is 4.29. The van der Waals surface area contributed by atoms with Gasteiger partial charge in [-0.3, -0.25) is 4.79 Å². The minimum atomic E-state index is 0.0554. The minimum absolute atomic E-state index is 0.0554. The van der Waals surface area contributed by atoms with Gasteiger partial charge in [-0.25, -0.2) is 0 Å². The molecule has 0 saturated carbocycles. The van der Waals surface area contributed by atoms with E-state index >= 15 is 0 Å². The van der Waals surface area contributed by atoms with Crippen LogP contribution in [0, 0.1) is 13.8 Å². The predicted octanol–water partition coefficient (Wildman–Crippen LogP) is 6.03. The van der Waals surface area contributed by atoms with Gasteiger partial charge in [0.2, 0.25) is 0 Å². The Kier molecular flexibility index (Phi) is 5.62. The van der Waals surface area contributed by atoms with Crippen LogP contribution in [0.1, 0.15) is 27.5 Å². The second-order valence-electron chi connectivity index (χ2n) is 5.71. The smallest absolute Gasteiger partial charge is 0.174 e. The van der Waals surface area contributed by atoms with Gasteiger partial charge in [0.1, 0.15) is 5.76 Å². The Hall–Kier alpha value is -1.62. The number of aryl methyl sites for hydroxylation is 1. The number of aromatic nitrogens is 1. The molecule has 3 nitrogen and oxygen atoms in total. The highest BCUT2D eigenvalue weighted by atomic mass is 35.5. The van der Waals surface area contributed by atoms with E-state index in [0.29, 0.717) is 16.6 Å². The molecule has 0 unspecified atom stereocenters. The third-order valence-electron chi connectivity index (χ3n) is 4.03. The Labute approximate surface area is 160 Å². The van der Waals surface area contributed by atoms with Crippen molar-refractivity contribution in [1.29, 1.82) is 0 Å². The topological polar surface area (TPSA) is 35.1 Å². The molecule has 0 bridgehead atoms. The van der Waals surface area contributed by atoms with Crippen LogP contribution in [0.25, 0.3) is 0 Å². The van der Waals surface area contributed by atoms with Crippen LogP contribution in [-0.4, -0.2) is 16.1 Å². The molecule has 0 aliphatic heterocycles. The number of thioether (sulfide) groups is 1. The zero-order valence-corrected chi connectivity index (χ0v) is 16.2. The quantitative estimate of drug-likeness (QED) is 0.378. The molecule has 0 atom stereocenters. The van der Waals surface area contributed by atoms with E-state index in [9.17, 15) is 4.79 Å². The SMILES string of the molecule is Cc1cc(C(=O)CSc2c(Cl)cccc2Cl)c(C)n1Cc1ccco1. The van der Waals surface area contributed by atoms with Crippen molar-refractivity contribution in [2.75, 3.05) is 5.75 Å². The van der Waals surface area contributed by atoms with Gasteiger partial charge in [-0.05, 0) is 44.2 Å². The molecule has 3 rings (SSSR count). The standard InChI is InChI=1S/C19H17Cl2NO2S/c1-12-9-15(13(2)22(12)10-14-5-4-8-24-14)18(23)11-25-19-16(20)6-3-7-17(19)21/h3-9H,10-11H2,1-2H3. The van der Waals surface area contributed by atoms with Crippen molar-refractivity contribution in [3.05, 3.63) is 75.4 Å². The Morgan fingerprint density at radius 3 is 2.52 bits per heavy atom. The third-order valence-corrected chi connectivity index (χ3v) is 6.02. The van der Waals surface area contributed by atoms with Crippen LogP contribution in [0.5, 0.6) is 0 Å². The second-order valence-corrected chi connectivity index (χ2v) is 7.51. The van der Waals surface area contributed by atoms with E-state index in [2.05, 4.69) is 4.57 Å². The van der Waals surface area contributed by atoms with Crippen LogP contribution in [0.15, 0.2) is 52.0 Å². The second kappa shape index (κ2) is 7.73. The summed E-state index contributed by atoms with van der Waals surface area (Å²) in [4.78, 5) is 13.4. The Morgan fingerprint density at radius 1 is 1.16 bits per heavy atom. The molecular formula is C19H17Cl2NO2S. The van der Waals surface area contributed by atoms with Crippen molar-refractivity contribution < 1.29 is 9.21 Å². The van der Waals surface area contributed by atoms with Gasteiger partial charge in [0.15, 0.2) is 5.78 Å². The highest BCUT2D eigenvalue weighted by Gasteiger charge is 2.17. The van der Waals surface area contributed by atoms with Crippen LogP contribution in [0.4, 0.5) is 0 Å². The number of Topliss-reactive ketones (excluding diaryl/α,β-unsaturated/α-hetero) is 1. The summed E-state index contributed by atoms with van der Waals surface area (Å²) in [7, 11) is 0. The number of halogens is 2. The van der Waals surface area contributed by atoms with Crippen molar-refractivity contribution >= 4 is 40.7 Å². The van der Waals surface area contributed by atoms with Crippen molar-refractivity contribution in [3.63, 3.8) is 0 Å². The molecule has 0 fully saturated rings. The van der Waals surface area contributed by atoms with E-state index in [1.54, 1.807) is 24.5 Å².